The molecule has 0 fully saturated rings. The van der Waals surface area contributed by atoms with E-state index < -0.39 is 0 Å². The smallest absolute Gasteiger partial charge is 0.258 e. The summed E-state index contributed by atoms with van der Waals surface area (Å²) in [4.78, 5) is 12.3. The second-order valence-electron chi connectivity index (χ2n) is 4.32. The third kappa shape index (κ3) is 3.88. The second kappa shape index (κ2) is 6.97. The van der Waals surface area contributed by atoms with Crippen LogP contribution in [0, 0.1) is 18.8 Å². The van der Waals surface area contributed by atoms with Crippen LogP contribution in [0.3, 0.4) is 0 Å². The first-order chi connectivity index (χ1) is 10.1. The van der Waals surface area contributed by atoms with Crippen molar-refractivity contribution in [3.05, 3.63) is 39.9 Å². The van der Waals surface area contributed by atoms with Gasteiger partial charge < -0.3 is 5.11 Å². The highest BCUT2D eigenvalue weighted by Gasteiger charge is 2.13. The van der Waals surface area contributed by atoms with Gasteiger partial charge >= 0.3 is 0 Å². The number of aromatic nitrogens is 2. The molecule has 1 amide bonds. The molecule has 0 saturated carbocycles. The van der Waals surface area contributed by atoms with E-state index in [-0.39, 0.29) is 12.5 Å². The number of aliphatic hydroxyl groups is 1. The van der Waals surface area contributed by atoms with E-state index in [2.05, 4.69) is 27.4 Å². The van der Waals surface area contributed by atoms with Crippen molar-refractivity contribution in [1.29, 1.82) is 0 Å². The number of carbonyl (C=O) groups excluding carboxylic acids is 1. The van der Waals surface area contributed by atoms with Crippen LogP contribution in [0.15, 0.2) is 18.2 Å². The van der Waals surface area contributed by atoms with Crippen LogP contribution in [0.5, 0.6) is 0 Å². The van der Waals surface area contributed by atoms with Crippen molar-refractivity contribution in [3.8, 4) is 11.8 Å². The van der Waals surface area contributed by atoms with Crippen LogP contribution in [0.25, 0.3) is 0 Å². The Kier molecular flexibility index (Phi) is 5.04. The van der Waals surface area contributed by atoms with E-state index in [9.17, 15) is 4.79 Å². The Morgan fingerprint density at radius 3 is 2.90 bits per heavy atom. The van der Waals surface area contributed by atoms with Gasteiger partial charge in [-0.15, -0.1) is 10.2 Å². The summed E-state index contributed by atoms with van der Waals surface area (Å²) in [6, 6.07) is 5.37. The summed E-state index contributed by atoms with van der Waals surface area (Å²) in [5.41, 5.74) is 2.04. The van der Waals surface area contributed by atoms with Crippen molar-refractivity contribution in [1.82, 2.24) is 10.2 Å². The average Bonchev–Trinajstić information content (AvgIpc) is 2.92. The van der Waals surface area contributed by atoms with E-state index >= 15 is 0 Å². The predicted octanol–water partition coefficient (Wildman–Crippen LogP) is 2.01. The van der Waals surface area contributed by atoms with Gasteiger partial charge in [0.15, 0.2) is 0 Å². The highest BCUT2D eigenvalue weighted by molar-refractivity contribution is 7.15. The molecule has 1 aromatic heterocycles. The molecule has 1 heterocycles. The number of rotatable bonds is 3. The van der Waals surface area contributed by atoms with Crippen LogP contribution in [0.1, 0.15) is 33.4 Å². The summed E-state index contributed by atoms with van der Waals surface area (Å²) < 4.78 is 0. The normalized spacial score (nSPS) is 9.86. The lowest BCUT2D eigenvalue weighted by molar-refractivity contribution is 0.102. The zero-order valence-corrected chi connectivity index (χ0v) is 12.6. The van der Waals surface area contributed by atoms with Gasteiger partial charge in [0.2, 0.25) is 5.13 Å². The molecule has 2 N–H and O–H groups in total. The number of aliphatic hydroxyl groups excluding tert-OH is 1. The summed E-state index contributed by atoms with van der Waals surface area (Å²) in [5, 5.41) is 20.7. The van der Waals surface area contributed by atoms with Crippen LogP contribution in [0.4, 0.5) is 5.13 Å². The molecule has 0 aliphatic heterocycles. The first kappa shape index (κ1) is 15.2. The number of amides is 1. The Balaban J connectivity index is 2.26. The minimum atomic E-state index is -0.281. The number of nitrogens with zero attached hydrogens (tertiary/aromatic N) is 2. The Hall–Kier alpha value is -2.23. The topological polar surface area (TPSA) is 75.1 Å². The van der Waals surface area contributed by atoms with Gasteiger partial charge in [0.25, 0.3) is 5.91 Å². The molecule has 0 saturated heterocycles. The van der Waals surface area contributed by atoms with Crippen molar-refractivity contribution in [2.75, 3.05) is 11.9 Å². The molecule has 1 aromatic carbocycles. The number of nitrogens with one attached hydrogen (secondary N) is 1. The summed E-state index contributed by atoms with van der Waals surface area (Å²) in [5.74, 6) is 5.08. The Morgan fingerprint density at radius 1 is 1.43 bits per heavy atom. The van der Waals surface area contributed by atoms with Gasteiger partial charge in [0, 0.05) is 5.56 Å². The van der Waals surface area contributed by atoms with Crippen LogP contribution >= 0.6 is 11.3 Å². The Morgan fingerprint density at radius 2 is 2.24 bits per heavy atom. The van der Waals surface area contributed by atoms with E-state index in [1.807, 2.05) is 26.0 Å². The number of anilines is 1. The quantitative estimate of drug-likeness (QED) is 0.850. The van der Waals surface area contributed by atoms with Gasteiger partial charge in [-0.2, -0.15) is 0 Å². The van der Waals surface area contributed by atoms with E-state index in [0.29, 0.717) is 16.3 Å². The summed E-state index contributed by atoms with van der Waals surface area (Å²) in [6.07, 6.45) is 0.783. The van der Waals surface area contributed by atoms with Crippen molar-refractivity contribution in [2.45, 2.75) is 20.3 Å². The van der Waals surface area contributed by atoms with E-state index in [1.165, 1.54) is 11.3 Å². The molecule has 0 spiro atoms. The van der Waals surface area contributed by atoms with Crippen LogP contribution in [-0.2, 0) is 6.42 Å². The molecule has 21 heavy (non-hydrogen) atoms. The minimum absolute atomic E-state index is 0.245. The van der Waals surface area contributed by atoms with Gasteiger partial charge in [0.05, 0.1) is 5.56 Å². The molecule has 5 nitrogen and oxygen atoms in total. The molecule has 6 heteroatoms. The van der Waals surface area contributed by atoms with E-state index in [0.717, 1.165) is 17.0 Å². The first-order valence-corrected chi connectivity index (χ1v) is 7.29. The third-order valence-electron chi connectivity index (χ3n) is 2.71. The highest BCUT2D eigenvalue weighted by Crippen LogP contribution is 2.18. The van der Waals surface area contributed by atoms with Gasteiger partial charge in [-0.05, 0) is 31.0 Å². The van der Waals surface area contributed by atoms with Crippen molar-refractivity contribution >= 4 is 22.4 Å². The van der Waals surface area contributed by atoms with Gasteiger partial charge in [-0.3, -0.25) is 10.1 Å². The average molecular weight is 301 g/mol. The molecule has 2 aromatic rings. The largest absolute Gasteiger partial charge is 0.384 e. The number of benzene rings is 1. The molecule has 0 unspecified atom stereocenters. The molecule has 0 aliphatic rings. The lowest BCUT2D eigenvalue weighted by Gasteiger charge is -2.05. The predicted molar refractivity (Wildman–Crippen MR) is 82.4 cm³/mol. The maximum absolute atomic E-state index is 12.3. The van der Waals surface area contributed by atoms with Gasteiger partial charge in [-0.25, -0.2) is 0 Å². The first-order valence-electron chi connectivity index (χ1n) is 6.48. The summed E-state index contributed by atoms with van der Waals surface area (Å²) in [6.45, 7) is 3.66. The highest BCUT2D eigenvalue weighted by atomic mass is 32.1. The minimum Gasteiger partial charge on any atom is -0.384 e. The molecule has 0 bridgehead atoms. The number of carbonyl (C=O) groups is 1. The standard InChI is InChI=1S/C15H15N3O2S/c1-3-13-17-18-15(21-13)16-14(20)12-7-6-10(2)9-11(12)5-4-8-19/h6-7,9,19H,3,8H2,1-2H3,(H,16,18,20). The molecule has 0 atom stereocenters. The number of aryl methyl sites for hydroxylation is 2. The fraction of sp³-hybridized carbons (Fsp3) is 0.267. The Labute approximate surface area is 127 Å². The molecular weight excluding hydrogens is 286 g/mol. The third-order valence-corrected chi connectivity index (χ3v) is 3.69. The zero-order chi connectivity index (χ0) is 15.2. The molecule has 2 rings (SSSR count). The van der Waals surface area contributed by atoms with Crippen molar-refractivity contribution in [3.63, 3.8) is 0 Å². The van der Waals surface area contributed by atoms with E-state index in [1.54, 1.807) is 6.07 Å². The van der Waals surface area contributed by atoms with Crippen molar-refractivity contribution in [2.24, 2.45) is 0 Å². The Bertz CT molecular complexity index is 713. The fourth-order valence-electron chi connectivity index (χ4n) is 1.71. The van der Waals surface area contributed by atoms with Gasteiger partial charge in [-0.1, -0.05) is 36.2 Å². The molecular formula is C15H15N3O2S. The molecule has 0 radical (unpaired) electrons. The zero-order valence-electron chi connectivity index (χ0n) is 11.8. The maximum atomic E-state index is 12.3. The van der Waals surface area contributed by atoms with E-state index in [4.69, 9.17) is 5.11 Å². The van der Waals surface area contributed by atoms with Crippen molar-refractivity contribution < 1.29 is 9.90 Å². The van der Waals surface area contributed by atoms with Crippen LogP contribution < -0.4 is 5.32 Å². The molecule has 108 valence electrons. The van der Waals surface area contributed by atoms with Crippen LogP contribution in [0.2, 0.25) is 0 Å². The number of hydrogen-bond acceptors (Lipinski definition) is 5. The monoisotopic (exact) mass is 301 g/mol. The molecule has 0 aliphatic carbocycles. The lowest BCUT2D eigenvalue weighted by Crippen LogP contribution is -2.13. The summed E-state index contributed by atoms with van der Waals surface area (Å²) >= 11 is 1.35. The van der Waals surface area contributed by atoms with Crippen LogP contribution in [-0.4, -0.2) is 27.8 Å². The SMILES string of the molecule is CCc1nnc(NC(=O)c2ccc(C)cc2C#CCO)s1. The fourth-order valence-corrected chi connectivity index (χ4v) is 2.38. The number of hydrogen-bond donors (Lipinski definition) is 2. The lowest BCUT2D eigenvalue weighted by atomic mass is 10.0. The second-order valence-corrected chi connectivity index (χ2v) is 5.38. The van der Waals surface area contributed by atoms with Gasteiger partial charge in [0.1, 0.15) is 11.6 Å². The summed E-state index contributed by atoms with van der Waals surface area (Å²) in [7, 11) is 0. The maximum Gasteiger partial charge on any atom is 0.258 e.